The van der Waals surface area contributed by atoms with E-state index in [1.807, 2.05) is 0 Å². The van der Waals surface area contributed by atoms with Gasteiger partial charge in [-0.1, -0.05) is 285 Å². The number of esters is 4. The molecule has 17 nitrogen and oxygen atoms in total. The maximum absolute atomic E-state index is 13.0. The first kappa shape index (κ1) is 83.1. The maximum Gasteiger partial charge on any atom is 0.472 e. The van der Waals surface area contributed by atoms with Crippen LogP contribution in [0, 0.1) is 5.92 Å². The summed E-state index contributed by atoms with van der Waals surface area (Å²) < 4.78 is 68.0. The first-order valence-corrected chi connectivity index (χ1v) is 37.6. The van der Waals surface area contributed by atoms with Crippen LogP contribution in [-0.2, 0) is 65.4 Å². The van der Waals surface area contributed by atoms with Crippen LogP contribution in [0.5, 0.6) is 0 Å². The molecule has 2 unspecified atom stereocenters. The fourth-order valence-electron chi connectivity index (χ4n) is 9.94. The minimum atomic E-state index is -4.95. The molecule has 0 rings (SSSR count). The van der Waals surface area contributed by atoms with Gasteiger partial charge in [-0.05, 0) is 31.6 Å². The summed E-state index contributed by atoms with van der Waals surface area (Å²) >= 11 is 0. The summed E-state index contributed by atoms with van der Waals surface area (Å²) in [6, 6.07) is 0. The maximum atomic E-state index is 13.0. The van der Waals surface area contributed by atoms with E-state index in [0.717, 1.165) is 109 Å². The second-order valence-corrected chi connectivity index (χ2v) is 27.2. The summed E-state index contributed by atoms with van der Waals surface area (Å²) in [5, 5.41) is 10.5. The van der Waals surface area contributed by atoms with Crippen molar-refractivity contribution < 1.29 is 80.2 Å². The molecular weight excluding hydrogens is 1130 g/mol. The fraction of sp³-hybridized carbons (Fsp3) is 0.939. The predicted molar refractivity (Wildman–Crippen MR) is 340 cm³/mol. The minimum Gasteiger partial charge on any atom is -0.462 e. The van der Waals surface area contributed by atoms with Gasteiger partial charge in [0.05, 0.1) is 26.4 Å². The lowest BCUT2D eigenvalue weighted by molar-refractivity contribution is -0.161. The Kier molecular flexibility index (Phi) is 58.3. The Morgan fingerprint density at radius 3 is 0.800 bits per heavy atom. The summed E-state index contributed by atoms with van der Waals surface area (Å²) in [5.74, 6) is -1.34. The fourth-order valence-corrected chi connectivity index (χ4v) is 11.5. The van der Waals surface area contributed by atoms with Gasteiger partial charge in [0.1, 0.15) is 19.3 Å². The predicted octanol–water partition coefficient (Wildman–Crippen LogP) is 18.6. The van der Waals surface area contributed by atoms with Gasteiger partial charge >= 0.3 is 39.5 Å². The Morgan fingerprint density at radius 2 is 0.541 bits per heavy atom. The topological polar surface area (TPSA) is 237 Å². The lowest BCUT2D eigenvalue weighted by Gasteiger charge is -2.21. The average molecular weight is 1260 g/mol. The van der Waals surface area contributed by atoms with E-state index in [9.17, 15) is 43.2 Å². The highest BCUT2D eigenvalue weighted by atomic mass is 31.2. The Morgan fingerprint density at radius 1 is 0.318 bits per heavy atom. The molecule has 0 radical (unpaired) electrons. The molecule has 0 bridgehead atoms. The van der Waals surface area contributed by atoms with E-state index in [4.69, 9.17) is 37.0 Å². The number of aliphatic hydroxyl groups excluding tert-OH is 1. The largest absolute Gasteiger partial charge is 0.472 e. The van der Waals surface area contributed by atoms with Gasteiger partial charge in [-0.3, -0.25) is 37.3 Å². The molecule has 504 valence electrons. The first-order valence-electron chi connectivity index (χ1n) is 34.6. The van der Waals surface area contributed by atoms with E-state index in [1.54, 1.807) is 0 Å². The zero-order valence-electron chi connectivity index (χ0n) is 54.7. The van der Waals surface area contributed by atoms with Gasteiger partial charge in [-0.15, -0.1) is 0 Å². The lowest BCUT2D eigenvalue weighted by Crippen LogP contribution is -2.30. The average Bonchev–Trinajstić information content (AvgIpc) is 3.53. The molecule has 85 heavy (non-hydrogen) atoms. The van der Waals surface area contributed by atoms with E-state index in [-0.39, 0.29) is 25.7 Å². The van der Waals surface area contributed by atoms with Gasteiger partial charge in [0, 0.05) is 25.7 Å². The molecule has 0 aliphatic rings. The second-order valence-electron chi connectivity index (χ2n) is 24.3. The van der Waals surface area contributed by atoms with Gasteiger partial charge in [-0.2, -0.15) is 0 Å². The molecule has 0 aromatic heterocycles. The Balaban J connectivity index is 5.18. The van der Waals surface area contributed by atoms with Crippen LogP contribution in [0.15, 0.2) is 0 Å². The molecule has 0 saturated heterocycles. The summed E-state index contributed by atoms with van der Waals surface area (Å²) in [4.78, 5) is 72.2. The third-order valence-corrected chi connectivity index (χ3v) is 17.2. The van der Waals surface area contributed by atoms with Crippen molar-refractivity contribution >= 4 is 39.5 Å². The molecule has 0 aromatic carbocycles. The van der Waals surface area contributed by atoms with E-state index in [0.29, 0.717) is 25.7 Å². The van der Waals surface area contributed by atoms with E-state index < -0.39 is 97.5 Å². The first-order chi connectivity index (χ1) is 41.0. The zero-order valence-corrected chi connectivity index (χ0v) is 56.5. The molecule has 19 heteroatoms. The molecule has 0 saturated carbocycles. The Bertz CT molecular complexity index is 1650. The summed E-state index contributed by atoms with van der Waals surface area (Å²) in [5.41, 5.74) is 0. The summed E-state index contributed by atoms with van der Waals surface area (Å²) in [6.07, 6.45) is 44.5. The van der Waals surface area contributed by atoms with Gasteiger partial charge < -0.3 is 33.8 Å². The third kappa shape index (κ3) is 60.7. The number of hydrogen-bond acceptors (Lipinski definition) is 15. The lowest BCUT2D eigenvalue weighted by atomic mass is 10.0. The van der Waals surface area contributed by atoms with Crippen molar-refractivity contribution in [2.75, 3.05) is 39.6 Å². The van der Waals surface area contributed by atoms with Crippen LogP contribution < -0.4 is 0 Å². The quantitative estimate of drug-likeness (QED) is 0.0222. The van der Waals surface area contributed by atoms with Gasteiger partial charge in [0.15, 0.2) is 12.2 Å². The molecule has 3 N–H and O–H groups in total. The van der Waals surface area contributed by atoms with Crippen LogP contribution in [0.25, 0.3) is 0 Å². The number of ether oxygens (including phenoxy) is 4. The number of hydrogen-bond donors (Lipinski definition) is 3. The Labute approximate surface area is 517 Å². The number of unbranched alkanes of at least 4 members (excludes halogenated alkanes) is 38. The monoisotopic (exact) mass is 1250 g/mol. The van der Waals surface area contributed by atoms with Gasteiger partial charge in [0.25, 0.3) is 0 Å². The molecule has 0 fully saturated rings. The van der Waals surface area contributed by atoms with E-state index >= 15 is 0 Å². The van der Waals surface area contributed by atoms with Gasteiger partial charge in [-0.25, -0.2) is 9.13 Å². The zero-order chi connectivity index (χ0) is 62.8. The van der Waals surface area contributed by atoms with Crippen molar-refractivity contribution in [3.05, 3.63) is 0 Å². The van der Waals surface area contributed by atoms with Crippen molar-refractivity contribution in [2.24, 2.45) is 5.92 Å². The normalized spacial score (nSPS) is 14.2. The van der Waals surface area contributed by atoms with E-state index in [2.05, 4.69) is 34.6 Å². The number of aliphatic hydroxyl groups is 1. The van der Waals surface area contributed by atoms with Crippen molar-refractivity contribution in [3.8, 4) is 0 Å². The highest BCUT2D eigenvalue weighted by Gasteiger charge is 2.30. The number of carbonyl (C=O) groups excluding carboxylic acids is 4. The molecule has 0 aliphatic carbocycles. The second kappa shape index (κ2) is 59.7. The minimum absolute atomic E-state index is 0.105. The van der Waals surface area contributed by atoms with Crippen LogP contribution in [0.2, 0.25) is 0 Å². The Hall–Kier alpha value is -1.94. The number of phosphoric ester groups is 2. The van der Waals surface area contributed by atoms with E-state index in [1.165, 1.54) is 148 Å². The van der Waals surface area contributed by atoms with Crippen LogP contribution in [-0.4, -0.2) is 96.7 Å². The summed E-state index contributed by atoms with van der Waals surface area (Å²) in [6.45, 7) is 7.18. The number of rotatable bonds is 66. The molecule has 0 aliphatic heterocycles. The standard InChI is InChI=1S/C66H128O17P2/c1-6-9-12-15-18-21-22-28-31-36-40-45-50-64(69)77-56-62(83-66(71)52-47-42-37-32-29-26-24-23-25-27-30-33-38-43-48-59(4)5)58-81-85(74,75)79-54-60(67)53-78-84(72,73)80-57-61(82-65(70)51-46-41-35-20-17-14-11-8-3)55-76-63(68)49-44-39-34-19-16-13-10-7-2/h59-62,67H,6-58H2,1-5H3,(H,72,73)(H,74,75)/t60-,61+,62+/m0/s1. The van der Waals surface area contributed by atoms with Crippen molar-refractivity contribution in [1.29, 1.82) is 0 Å². The molecule has 0 amide bonds. The number of carbonyl (C=O) groups is 4. The highest BCUT2D eigenvalue weighted by molar-refractivity contribution is 7.47. The molecule has 0 spiro atoms. The SMILES string of the molecule is CCCCCCCCCCCCCCC(=O)OC[C@H](COP(=O)(O)OC[C@@H](O)COP(=O)(O)OC[C@@H](COC(=O)CCCCCCCCCC)OC(=O)CCCCCCCCCC)OC(=O)CCCCCCCCCCCCCCCCC(C)C. The van der Waals surface area contributed by atoms with Crippen LogP contribution >= 0.6 is 15.6 Å². The number of phosphoric acid groups is 2. The van der Waals surface area contributed by atoms with Crippen molar-refractivity contribution in [3.63, 3.8) is 0 Å². The molecule has 0 heterocycles. The van der Waals surface area contributed by atoms with Crippen LogP contribution in [0.4, 0.5) is 0 Å². The van der Waals surface area contributed by atoms with Gasteiger partial charge in [0.2, 0.25) is 0 Å². The molecule has 0 aromatic rings. The van der Waals surface area contributed by atoms with Crippen molar-refractivity contribution in [2.45, 2.75) is 355 Å². The van der Waals surface area contributed by atoms with Crippen LogP contribution in [0.3, 0.4) is 0 Å². The smallest absolute Gasteiger partial charge is 0.462 e. The summed E-state index contributed by atoms with van der Waals surface area (Å²) in [7, 11) is -9.88. The molecular formula is C66H128O17P2. The van der Waals surface area contributed by atoms with Crippen molar-refractivity contribution in [1.82, 2.24) is 0 Å². The molecule has 5 atom stereocenters. The highest BCUT2D eigenvalue weighted by Crippen LogP contribution is 2.45. The third-order valence-electron chi connectivity index (χ3n) is 15.3. The van der Waals surface area contributed by atoms with Crippen LogP contribution in [0.1, 0.15) is 336 Å².